The van der Waals surface area contributed by atoms with Crippen LogP contribution < -0.4 is 5.32 Å². The van der Waals surface area contributed by atoms with Crippen molar-refractivity contribution in [3.8, 4) is 0 Å². The van der Waals surface area contributed by atoms with Crippen LogP contribution in [0, 0.1) is 0 Å². The monoisotopic (exact) mass is 273 g/mol. The van der Waals surface area contributed by atoms with Gasteiger partial charge in [0.25, 0.3) is 0 Å². The smallest absolute Gasteiger partial charge is 0.407 e. The Morgan fingerprint density at radius 1 is 1.16 bits per heavy atom. The Kier molecular flexibility index (Phi) is 9.66. The summed E-state index contributed by atoms with van der Waals surface area (Å²) < 4.78 is 4.98. The first kappa shape index (κ1) is 18.2. The Hall–Kier alpha value is -0.770. The van der Waals surface area contributed by atoms with Crippen molar-refractivity contribution in [1.29, 1.82) is 0 Å². The van der Waals surface area contributed by atoms with E-state index in [1.807, 2.05) is 20.8 Å². The number of carbonyl (C=O) groups excluding carboxylic acids is 1. The van der Waals surface area contributed by atoms with Crippen molar-refractivity contribution in [3.63, 3.8) is 0 Å². The van der Waals surface area contributed by atoms with Gasteiger partial charge in [-0.15, -0.1) is 0 Å². The van der Waals surface area contributed by atoms with Crippen molar-refractivity contribution in [2.24, 2.45) is 0 Å². The number of aliphatic hydroxyl groups excluding tert-OH is 1. The predicted octanol–water partition coefficient (Wildman–Crippen LogP) is 3.62. The van der Waals surface area contributed by atoms with E-state index in [0.717, 1.165) is 12.8 Å². The van der Waals surface area contributed by atoms with Crippen molar-refractivity contribution in [3.05, 3.63) is 0 Å². The van der Waals surface area contributed by atoms with Crippen LogP contribution in [0.3, 0.4) is 0 Å². The molecule has 0 spiro atoms. The lowest BCUT2D eigenvalue weighted by molar-refractivity contribution is 0.0590. The Morgan fingerprint density at radius 2 is 1.74 bits per heavy atom. The molecule has 1 unspecified atom stereocenters. The van der Waals surface area contributed by atoms with E-state index >= 15 is 0 Å². The summed E-state index contributed by atoms with van der Waals surface area (Å²) >= 11 is 0. The van der Waals surface area contributed by atoms with Crippen molar-refractivity contribution < 1.29 is 14.6 Å². The average molecular weight is 273 g/mol. The van der Waals surface area contributed by atoms with Gasteiger partial charge in [0.15, 0.2) is 0 Å². The lowest BCUT2D eigenvalue weighted by Gasteiger charge is -2.20. The summed E-state index contributed by atoms with van der Waals surface area (Å²) in [6.45, 7) is 7.95. The highest BCUT2D eigenvalue weighted by molar-refractivity contribution is 5.68. The molecule has 4 heteroatoms. The zero-order chi connectivity index (χ0) is 14.7. The van der Waals surface area contributed by atoms with E-state index in [4.69, 9.17) is 4.74 Å². The van der Waals surface area contributed by atoms with Crippen LogP contribution in [0.15, 0.2) is 0 Å². The molecule has 0 fully saturated rings. The molecule has 2 N–H and O–H groups in total. The highest BCUT2D eigenvalue weighted by atomic mass is 16.6. The maximum atomic E-state index is 11.4. The third kappa shape index (κ3) is 13.5. The molecule has 0 bridgehead atoms. The third-order valence-electron chi connectivity index (χ3n) is 2.77. The predicted molar refractivity (Wildman–Crippen MR) is 78.2 cm³/mol. The molecular weight excluding hydrogens is 242 g/mol. The normalized spacial score (nSPS) is 13.1. The van der Waals surface area contributed by atoms with Crippen LogP contribution in [0.2, 0.25) is 0 Å². The van der Waals surface area contributed by atoms with Gasteiger partial charge in [-0.3, -0.25) is 0 Å². The van der Waals surface area contributed by atoms with Crippen LogP contribution in [0.1, 0.15) is 72.6 Å². The second-order valence-corrected chi connectivity index (χ2v) is 6.18. The summed E-state index contributed by atoms with van der Waals surface area (Å²) in [5, 5.41) is 12.4. The molecule has 4 nitrogen and oxygen atoms in total. The number of hydrogen-bond donors (Lipinski definition) is 2. The van der Waals surface area contributed by atoms with Crippen LogP contribution in [-0.2, 0) is 4.74 Å². The Bertz CT molecular complexity index is 236. The van der Waals surface area contributed by atoms with Crippen LogP contribution in [-0.4, -0.2) is 29.4 Å². The Labute approximate surface area is 117 Å². The maximum Gasteiger partial charge on any atom is 0.407 e. The van der Waals surface area contributed by atoms with E-state index in [0.29, 0.717) is 6.42 Å². The summed E-state index contributed by atoms with van der Waals surface area (Å²) in [7, 11) is 0. The van der Waals surface area contributed by atoms with Gasteiger partial charge in [0.05, 0.1) is 6.10 Å². The highest BCUT2D eigenvalue weighted by Crippen LogP contribution is 2.09. The van der Waals surface area contributed by atoms with Crippen LogP contribution in [0.4, 0.5) is 4.79 Å². The molecule has 0 aromatic carbocycles. The van der Waals surface area contributed by atoms with Crippen molar-refractivity contribution in [1.82, 2.24) is 5.32 Å². The van der Waals surface area contributed by atoms with E-state index in [2.05, 4.69) is 12.2 Å². The number of ether oxygens (including phenoxy) is 1. The molecule has 0 rings (SSSR count). The fraction of sp³-hybridized carbons (Fsp3) is 0.933. The zero-order valence-electron chi connectivity index (χ0n) is 13.0. The number of aliphatic hydroxyl groups is 1. The van der Waals surface area contributed by atoms with Crippen molar-refractivity contribution in [2.45, 2.75) is 84.3 Å². The number of alkyl carbamates (subject to hydrolysis) is 1. The van der Waals surface area contributed by atoms with Crippen LogP contribution in [0.5, 0.6) is 0 Å². The SMILES string of the molecule is CCCCCCCCC(O)COC(=O)NC(C)(C)C. The molecule has 0 aliphatic heterocycles. The van der Waals surface area contributed by atoms with Gasteiger partial charge < -0.3 is 15.2 Å². The summed E-state index contributed by atoms with van der Waals surface area (Å²) in [4.78, 5) is 11.4. The number of amides is 1. The molecule has 0 aromatic heterocycles. The van der Waals surface area contributed by atoms with E-state index < -0.39 is 12.2 Å². The fourth-order valence-electron chi connectivity index (χ4n) is 1.76. The quantitative estimate of drug-likeness (QED) is 0.631. The molecule has 0 heterocycles. The van der Waals surface area contributed by atoms with Gasteiger partial charge in [-0.05, 0) is 27.2 Å². The Balaban J connectivity index is 3.48. The van der Waals surface area contributed by atoms with E-state index in [1.54, 1.807) is 0 Å². The second-order valence-electron chi connectivity index (χ2n) is 6.18. The standard InChI is InChI=1S/C15H31NO3/c1-5-6-7-8-9-10-11-13(17)12-19-14(18)16-15(2,3)4/h13,17H,5-12H2,1-4H3,(H,16,18). The average Bonchev–Trinajstić information content (AvgIpc) is 2.29. The fourth-order valence-corrected chi connectivity index (χ4v) is 1.76. The molecule has 114 valence electrons. The first-order chi connectivity index (χ1) is 8.85. The third-order valence-corrected chi connectivity index (χ3v) is 2.77. The minimum atomic E-state index is -0.545. The topological polar surface area (TPSA) is 58.6 Å². The lowest BCUT2D eigenvalue weighted by Crippen LogP contribution is -2.41. The van der Waals surface area contributed by atoms with Gasteiger partial charge in [0.1, 0.15) is 6.61 Å². The molecule has 0 aliphatic carbocycles. The minimum absolute atomic E-state index is 0.0802. The molecule has 1 amide bonds. The van der Waals surface area contributed by atoms with Gasteiger partial charge in [0, 0.05) is 5.54 Å². The molecule has 0 radical (unpaired) electrons. The minimum Gasteiger partial charge on any atom is -0.447 e. The maximum absolute atomic E-state index is 11.4. The van der Waals surface area contributed by atoms with Gasteiger partial charge in [-0.25, -0.2) is 4.79 Å². The zero-order valence-corrected chi connectivity index (χ0v) is 13.0. The van der Waals surface area contributed by atoms with Crippen molar-refractivity contribution >= 4 is 6.09 Å². The largest absolute Gasteiger partial charge is 0.447 e. The molecule has 0 aromatic rings. The summed E-state index contributed by atoms with van der Waals surface area (Å²) in [5.74, 6) is 0. The Morgan fingerprint density at radius 3 is 2.32 bits per heavy atom. The molecule has 19 heavy (non-hydrogen) atoms. The van der Waals surface area contributed by atoms with Crippen molar-refractivity contribution in [2.75, 3.05) is 6.61 Å². The molecule has 0 aliphatic rings. The first-order valence-electron chi connectivity index (χ1n) is 7.48. The first-order valence-corrected chi connectivity index (χ1v) is 7.48. The summed E-state index contributed by atoms with van der Waals surface area (Å²) in [6.07, 6.45) is 6.88. The number of carbonyl (C=O) groups is 1. The van der Waals surface area contributed by atoms with E-state index in [1.165, 1.54) is 25.7 Å². The van der Waals surface area contributed by atoms with Gasteiger partial charge in [-0.2, -0.15) is 0 Å². The molecular formula is C15H31NO3. The van der Waals surface area contributed by atoms with E-state index in [9.17, 15) is 9.90 Å². The number of nitrogens with one attached hydrogen (secondary N) is 1. The lowest BCUT2D eigenvalue weighted by atomic mass is 10.1. The second kappa shape index (κ2) is 10.1. The molecule has 1 atom stereocenters. The van der Waals surface area contributed by atoms with Gasteiger partial charge >= 0.3 is 6.09 Å². The summed E-state index contributed by atoms with van der Waals surface area (Å²) in [6, 6.07) is 0. The van der Waals surface area contributed by atoms with Gasteiger partial charge in [0.2, 0.25) is 0 Å². The summed E-state index contributed by atoms with van der Waals surface area (Å²) in [5.41, 5.74) is -0.304. The van der Waals surface area contributed by atoms with Crippen LogP contribution in [0.25, 0.3) is 0 Å². The number of rotatable bonds is 9. The molecule has 0 saturated heterocycles. The number of unbranched alkanes of at least 4 members (excludes halogenated alkanes) is 5. The van der Waals surface area contributed by atoms with E-state index in [-0.39, 0.29) is 12.1 Å². The highest BCUT2D eigenvalue weighted by Gasteiger charge is 2.15. The number of hydrogen-bond acceptors (Lipinski definition) is 3. The van der Waals surface area contributed by atoms with Crippen LogP contribution >= 0.6 is 0 Å². The molecule has 0 saturated carbocycles. The van der Waals surface area contributed by atoms with Gasteiger partial charge in [-0.1, -0.05) is 45.4 Å².